The van der Waals surface area contributed by atoms with Gasteiger partial charge >= 0.3 is 0 Å². The molecule has 6 heteroatoms. The Hall–Kier alpha value is -0.0100. The van der Waals surface area contributed by atoms with Crippen LogP contribution in [0.5, 0.6) is 0 Å². The third-order valence-corrected chi connectivity index (χ3v) is 9.95. The summed E-state index contributed by atoms with van der Waals surface area (Å²) >= 11 is -3.11. The molecule has 5 nitrogen and oxygen atoms in total. The number of rotatable bonds is 32. The van der Waals surface area contributed by atoms with Gasteiger partial charge in [-0.1, -0.05) is 168 Å². The van der Waals surface area contributed by atoms with E-state index in [9.17, 15) is 0 Å². The summed E-state index contributed by atoms with van der Waals surface area (Å²) in [5.41, 5.74) is 0. The molecule has 0 aromatic carbocycles. The van der Waals surface area contributed by atoms with Gasteiger partial charge in [0.2, 0.25) is 0 Å². The molecule has 0 aromatic rings. The largest absolute Gasteiger partial charge is 0.784 e. The van der Waals surface area contributed by atoms with Crippen LogP contribution in [0.3, 0.4) is 0 Å². The van der Waals surface area contributed by atoms with E-state index in [0.717, 1.165) is 0 Å². The van der Waals surface area contributed by atoms with Crippen molar-refractivity contribution in [1.82, 2.24) is 0 Å². The molecular formula is C40H88N2O3S. The number of nitrogens with zero attached hydrogens (tertiary/aromatic N) is 2. The summed E-state index contributed by atoms with van der Waals surface area (Å²) in [6.45, 7) is 14.4. The van der Waals surface area contributed by atoms with E-state index in [2.05, 4.69) is 55.9 Å². The predicted molar refractivity (Wildman–Crippen MR) is 205 cm³/mol. The minimum Gasteiger partial charge on any atom is -0.784 e. The molecule has 46 heavy (non-hydrogen) atoms. The van der Waals surface area contributed by atoms with E-state index in [4.69, 9.17) is 13.3 Å². The van der Waals surface area contributed by atoms with Crippen molar-refractivity contribution in [3.8, 4) is 0 Å². The van der Waals surface area contributed by atoms with Crippen LogP contribution < -0.4 is 0 Å². The van der Waals surface area contributed by atoms with Crippen LogP contribution in [0.2, 0.25) is 0 Å². The minimum atomic E-state index is -3.11. The highest BCUT2D eigenvalue weighted by molar-refractivity contribution is 7.72. The van der Waals surface area contributed by atoms with Gasteiger partial charge in [-0.05, 0) is 39.5 Å². The fraction of sp³-hybridized carbons (Fsp3) is 1.00. The third kappa shape index (κ3) is 50.8. The zero-order valence-electron chi connectivity index (χ0n) is 33.2. The molecule has 0 aliphatic rings. The lowest BCUT2D eigenvalue weighted by Crippen LogP contribution is -2.39. The summed E-state index contributed by atoms with van der Waals surface area (Å²) < 4.78 is 27.7. The lowest BCUT2D eigenvalue weighted by molar-refractivity contribution is -0.888. The third-order valence-electron chi connectivity index (χ3n) is 9.95. The van der Waals surface area contributed by atoms with Gasteiger partial charge in [-0.25, -0.2) is 0 Å². The van der Waals surface area contributed by atoms with E-state index >= 15 is 0 Å². The van der Waals surface area contributed by atoms with E-state index in [0.29, 0.717) is 0 Å². The molecule has 0 radical (unpaired) electrons. The molecule has 282 valence electrons. The van der Waals surface area contributed by atoms with Gasteiger partial charge < -0.3 is 18.1 Å². The summed E-state index contributed by atoms with van der Waals surface area (Å²) in [4.78, 5) is 0. The highest BCUT2D eigenvalue weighted by Gasteiger charge is 2.10. The van der Waals surface area contributed by atoms with E-state index in [-0.39, 0.29) is 0 Å². The maximum atomic E-state index is 8.44. The first-order valence-electron chi connectivity index (χ1n) is 20.4. The highest BCUT2D eigenvalue weighted by atomic mass is 32.2. The second kappa shape index (κ2) is 39.4. The first-order chi connectivity index (χ1) is 22.0. The molecular weight excluding hydrogens is 589 g/mol. The average Bonchev–Trinajstić information content (AvgIpc) is 3.01. The molecule has 0 amide bonds. The quantitative estimate of drug-likeness (QED) is 0.0405. The van der Waals surface area contributed by atoms with Gasteiger partial charge in [-0.3, -0.25) is 4.21 Å². The monoisotopic (exact) mass is 677 g/mol. The number of unbranched alkanes of at least 4 members (excludes halogenated alkanes) is 26. The van der Waals surface area contributed by atoms with Crippen LogP contribution in [0.1, 0.15) is 207 Å². The Balaban J connectivity index is -0.000000719. The summed E-state index contributed by atoms with van der Waals surface area (Å²) in [7, 11) is 9.40. The summed E-state index contributed by atoms with van der Waals surface area (Å²) in [5, 5.41) is 0. The van der Waals surface area contributed by atoms with Gasteiger partial charge in [-0.15, -0.1) is 11.4 Å². The molecule has 0 fully saturated rings. The summed E-state index contributed by atoms with van der Waals surface area (Å²) in [5.74, 6) is 0. The normalized spacial score (nSPS) is 11.7. The molecule has 0 bridgehead atoms. The second-order valence-corrected chi connectivity index (χ2v) is 15.8. The van der Waals surface area contributed by atoms with E-state index in [1.165, 1.54) is 215 Å². The van der Waals surface area contributed by atoms with Crippen molar-refractivity contribution in [1.29, 1.82) is 0 Å². The van der Waals surface area contributed by atoms with Crippen LogP contribution >= 0.6 is 0 Å². The van der Waals surface area contributed by atoms with Gasteiger partial charge in [0.1, 0.15) is 0 Å². The van der Waals surface area contributed by atoms with E-state index in [1.54, 1.807) is 0 Å². The van der Waals surface area contributed by atoms with Crippen LogP contribution in [-0.2, 0) is 11.4 Å². The van der Waals surface area contributed by atoms with Crippen LogP contribution in [0, 0.1) is 0 Å². The molecule has 0 aliphatic carbocycles. The molecule has 0 saturated carbocycles. The minimum absolute atomic E-state index is 1.19. The average molecular weight is 677 g/mol. The van der Waals surface area contributed by atoms with E-state index in [1.807, 2.05) is 0 Å². The van der Waals surface area contributed by atoms with Gasteiger partial charge in [0.15, 0.2) is 0 Å². The van der Waals surface area contributed by atoms with Gasteiger partial charge in [0.25, 0.3) is 0 Å². The van der Waals surface area contributed by atoms with Crippen LogP contribution in [0.25, 0.3) is 0 Å². The van der Waals surface area contributed by atoms with Crippen molar-refractivity contribution < 1.29 is 22.3 Å². The molecule has 0 rings (SSSR count). The maximum absolute atomic E-state index is 8.44. The van der Waals surface area contributed by atoms with Crippen LogP contribution in [0.15, 0.2) is 0 Å². The Labute approximate surface area is 294 Å². The van der Waals surface area contributed by atoms with Gasteiger partial charge in [-0.2, -0.15) is 0 Å². The molecule has 0 spiro atoms. The number of hydrogen-bond acceptors (Lipinski definition) is 3. The van der Waals surface area contributed by atoms with Gasteiger partial charge in [0, 0.05) is 0 Å². The standard InChI is InChI=1S/2C20H44N.H2O3S/c2*1-5-7-8-9-10-11-12-13-14-15-16-17-18-19-20-21(3,4)6-2;1-4(2)3/h2*5-20H2,1-4H3;(H2,1,2,3)/q2*+1;/p-2. The smallest absolute Gasteiger partial charge is 0.0782 e. The molecule has 0 atom stereocenters. The Kier molecular flexibility index (Phi) is 43.2. The van der Waals surface area contributed by atoms with Crippen molar-refractivity contribution in [2.45, 2.75) is 207 Å². The van der Waals surface area contributed by atoms with Gasteiger partial charge in [0.05, 0.1) is 54.4 Å². The first-order valence-corrected chi connectivity index (χ1v) is 21.4. The number of hydrogen-bond donors (Lipinski definition) is 0. The first kappa shape index (κ1) is 50.4. The predicted octanol–water partition coefficient (Wildman–Crippen LogP) is 12.1. The number of quaternary nitrogens is 2. The zero-order valence-corrected chi connectivity index (χ0v) is 34.0. The lowest BCUT2D eigenvalue weighted by Gasteiger charge is -2.28. The molecule has 0 heterocycles. The fourth-order valence-corrected chi connectivity index (χ4v) is 5.78. The van der Waals surface area contributed by atoms with Crippen molar-refractivity contribution in [3.05, 3.63) is 0 Å². The highest BCUT2D eigenvalue weighted by Crippen LogP contribution is 2.15. The van der Waals surface area contributed by atoms with E-state index < -0.39 is 11.4 Å². The van der Waals surface area contributed by atoms with Crippen LogP contribution in [-0.4, -0.2) is 76.7 Å². The molecule has 0 aliphatic heterocycles. The molecule has 0 unspecified atom stereocenters. The Morgan fingerprint density at radius 2 is 0.500 bits per heavy atom. The van der Waals surface area contributed by atoms with Crippen molar-refractivity contribution >= 4 is 11.4 Å². The molecule has 0 N–H and O–H groups in total. The zero-order chi connectivity index (χ0) is 35.2. The van der Waals surface area contributed by atoms with Crippen molar-refractivity contribution in [2.24, 2.45) is 0 Å². The van der Waals surface area contributed by atoms with Crippen molar-refractivity contribution in [2.75, 3.05) is 54.4 Å². The summed E-state index contributed by atoms with van der Waals surface area (Å²) in [6, 6.07) is 0. The molecule has 0 aromatic heterocycles. The Morgan fingerprint density at radius 1 is 0.348 bits per heavy atom. The Bertz CT molecular complexity index is 539. The molecule has 0 saturated heterocycles. The van der Waals surface area contributed by atoms with Crippen molar-refractivity contribution in [3.63, 3.8) is 0 Å². The Morgan fingerprint density at radius 3 is 0.652 bits per heavy atom. The maximum Gasteiger partial charge on any atom is 0.0782 e. The second-order valence-electron chi connectivity index (χ2n) is 15.3. The summed E-state index contributed by atoms with van der Waals surface area (Å²) in [6.07, 6.45) is 40.8. The lowest BCUT2D eigenvalue weighted by atomic mass is 10.0. The van der Waals surface area contributed by atoms with Crippen LogP contribution in [0.4, 0.5) is 0 Å². The SMILES string of the molecule is CCCCCCCCCCCCCCCC[N+](C)(C)CC.CCCCCCCCCCCCCCCC[N+](C)(C)CC.O=S([O-])[O-]. The fourth-order valence-electron chi connectivity index (χ4n) is 5.78. The topological polar surface area (TPSA) is 63.2 Å².